The minimum atomic E-state index is -3.22. The van der Waals surface area contributed by atoms with Crippen LogP contribution in [0.3, 0.4) is 0 Å². The lowest BCUT2D eigenvalue weighted by Gasteiger charge is -2.32. The number of carbonyl (C=O) groups excluding carboxylic acids is 1. The summed E-state index contributed by atoms with van der Waals surface area (Å²) in [5.41, 5.74) is 3.27. The predicted octanol–water partition coefficient (Wildman–Crippen LogP) is 4.21. The molecule has 3 rings (SSSR count). The van der Waals surface area contributed by atoms with Crippen molar-refractivity contribution in [1.29, 1.82) is 0 Å². The summed E-state index contributed by atoms with van der Waals surface area (Å²) in [5, 5.41) is 2.45. The highest BCUT2D eigenvalue weighted by atomic mass is 32.2. The van der Waals surface area contributed by atoms with Gasteiger partial charge in [-0.25, -0.2) is 8.42 Å². The van der Waals surface area contributed by atoms with Crippen LogP contribution in [0.1, 0.15) is 50.7 Å². The minimum absolute atomic E-state index is 0.0517. The van der Waals surface area contributed by atoms with Crippen LogP contribution in [0.5, 0.6) is 0 Å². The van der Waals surface area contributed by atoms with E-state index in [1.165, 1.54) is 12.5 Å². The van der Waals surface area contributed by atoms with Crippen LogP contribution in [0.4, 0.5) is 5.69 Å². The number of hydrogen-bond acceptors (Lipinski definition) is 4. The molecule has 1 amide bonds. The maximum atomic E-state index is 12.3. The Morgan fingerprint density at radius 1 is 1.10 bits per heavy atom. The number of nitrogens with one attached hydrogen (secondary N) is 1. The van der Waals surface area contributed by atoms with Gasteiger partial charge in [-0.05, 0) is 81.1 Å². The van der Waals surface area contributed by atoms with Crippen LogP contribution in [0.15, 0.2) is 53.4 Å². The summed E-state index contributed by atoms with van der Waals surface area (Å²) in [4.78, 5) is 14.1. The van der Waals surface area contributed by atoms with Gasteiger partial charge in [-0.2, -0.15) is 0 Å². The van der Waals surface area contributed by atoms with E-state index in [1.807, 2.05) is 24.3 Å². The molecule has 1 fully saturated rings. The van der Waals surface area contributed by atoms with Gasteiger partial charge >= 0.3 is 0 Å². The summed E-state index contributed by atoms with van der Waals surface area (Å²) in [6.45, 7) is 7.78. The Morgan fingerprint density at radius 2 is 1.76 bits per heavy atom. The molecule has 5 nitrogen and oxygen atoms in total. The summed E-state index contributed by atoms with van der Waals surface area (Å²) in [6, 6.07) is 15.4. The van der Waals surface area contributed by atoms with Crippen LogP contribution in [-0.4, -0.2) is 37.6 Å². The molecule has 1 aliphatic rings. The maximum Gasteiger partial charge on any atom is 0.221 e. The molecule has 0 spiro atoms. The maximum absolute atomic E-state index is 12.3. The molecule has 29 heavy (non-hydrogen) atoms. The third-order valence-electron chi connectivity index (χ3n) is 5.54. The SMILES string of the molecule is CC(=O)Nc1cccc(C2CCN(Cc3ccc(S(=O)(=O)C(C)C)cc3)CC2)c1. The van der Waals surface area contributed by atoms with Gasteiger partial charge in [0.2, 0.25) is 5.91 Å². The fraction of sp³-hybridized carbons (Fsp3) is 0.435. The van der Waals surface area contributed by atoms with Crippen molar-refractivity contribution in [2.24, 2.45) is 0 Å². The van der Waals surface area contributed by atoms with Crippen molar-refractivity contribution in [3.05, 3.63) is 59.7 Å². The molecule has 6 heteroatoms. The molecular formula is C23H30N2O3S. The van der Waals surface area contributed by atoms with Crippen molar-refractivity contribution in [2.45, 2.75) is 56.2 Å². The van der Waals surface area contributed by atoms with E-state index in [-0.39, 0.29) is 5.91 Å². The summed E-state index contributed by atoms with van der Waals surface area (Å²) >= 11 is 0. The molecule has 0 aliphatic carbocycles. The fourth-order valence-electron chi connectivity index (χ4n) is 3.81. The Morgan fingerprint density at radius 3 is 2.34 bits per heavy atom. The topological polar surface area (TPSA) is 66.5 Å². The molecule has 0 unspecified atom stereocenters. The van der Waals surface area contributed by atoms with Crippen molar-refractivity contribution in [1.82, 2.24) is 4.90 Å². The quantitative estimate of drug-likeness (QED) is 0.769. The first kappa shape index (κ1) is 21.5. The third kappa shape index (κ3) is 5.46. The number of amides is 1. The van der Waals surface area contributed by atoms with E-state index in [0.717, 1.165) is 43.7 Å². The van der Waals surface area contributed by atoms with E-state index < -0.39 is 15.1 Å². The molecular weight excluding hydrogens is 384 g/mol. The lowest BCUT2D eigenvalue weighted by Crippen LogP contribution is -2.32. The zero-order valence-corrected chi connectivity index (χ0v) is 18.2. The highest BCUT2D eigenvalue weighted by molar-refractivity contribution is 7.92. The summed E-state index contributed by atoms with van der Waals surface area (Å²) in [7, 11) is -3.22. The van der Waals surface area contributed by atoms with E-state index in [1.54, 1.807) is 26.0 Å². The summed E-state index contributed by atoms with van der Waals surface area (Å²) in [6.07, 6.45) is 2.15. The average Bonchev–Trinajstić information content (AvgIpc) is 2.68. The zero-order chi connectivity index (χ0) is 21.0. The first-order valence-corrected chi connectivity index (χ1v) is 11.7. The molecule has 0 bridgehead atoms. The van der Waals surface area contributed by atoms with Gasteiger partial charge < -0.3 is 5.32 Å². The molecule has 1 saturated heterocycles. The summed E-state index contributed by atoms with van der Waals surface area (Å²) < 4.78 is 24.5. The monoisotopic (exact) mass is 414 g/mol. The fourth-order valence-corrected chi connectivity index (χ4v) is 4.87. The number of hydrogen-bond donors (Lipinski definition) is 1. The molecule has 0 atom stereocenters. The minimum Gasteiger partial charge on any atom is -0.326 e. The molecule has 1 heterocycles. The molecule has 0 saturated carbocycles. The van der Waals surface area contributed by atoms with Crippen LogP contribution in [0.2, 0.25) is 0 Å². The number of likely N-dealkylation sites (tertiary alicyclic amines) is 1. The highest BCUT2D eigenvalue weighted by Crippen LogP contribution is 2.30. The Bertz CT molecular complexity index is 944. The molecule has 0 aromatic heterocycles. The van der Waals surface area contributed by atoms with Gasteiger partial charge in [-0.15, -0.1) is 0 Å². The van der Waals surface area contributed by atoms with E-state index in [9.17, 15) is 13.2 Å². The van der Waals surface area contributed by atoms with E-state index in [0.29, 0.717) is 10.8 Å². The van der Waals surface area contributed by atoms with Gasteiger partial charge in [-0.1, -0.05) is 24.3 Å². The Hall–Kier alpha value is -2.18. The molecule has 1 N–H and O–H groups in total. The lowest BCUT2D eigenvalue weighted by atomic mass is 9.89. The Labute approximate surface area is 174 Å². The Kier molecular flexibility index (Phi) is 6.75. The second-order valence-corrected chi connectivity index (χ2v) is 10.6. The number of anilines is 1. The normalized spacial score (nSPS) is 16.1. The molecule has 0 radical (unpaired) electrons. The number of benzene rings is 2. The first-order chi connectivity index (χ1) is 13.8. The zero-order valence-electron chi connectivity index (χ0n) is 17.4. The molecule has 2 aromatic rings. The van der Waals surface area contributed by atoms with Gasteiger partial charge in [0.1, 0.15) is 0 Å². The van der Waals surface area contributed by atoms with Gasteiger partial charge in [0, 0.05) is 19.2 Å². The number of sulfone groups is 1. The standard InChI is InChI=1S/C23H30N2O3S/c1-17(2)29(27,28)23-9-7-19(8-10-23)16-25-13-11-20(12-14-25)21-5-4-6-22(15-21)24-18(3)26/h4-10,15,17,20H,11-14,16H2,1-3H3,(H,24,26). The van der Waals surface area contributed by atoms with Gasteiger partial charge in [-0.3, -0.25) is 9.69 Å². The van der Waals surface area contributed by atoms with Gasteiger partial charge in [0.25, 0.3) is 0 Å². The van der Waals surface area contributed by atoms with Crippen molar-refractivity contribution in [2.75, 3.05) is 18.4 Å². The molecule has 2 aromatic carbocycles. The second kappa shape index (κ2) is 9.09. The van der Waals surface area contributed by atoms with Crippen molar-refractivity contribution < 1.29 is 13.2 Å². The largest absolute Gasteiger partial charge is 0.326 e. The second-order valence-electron chi connectivity index (χ2n) is 8.09. The average molecular weight is 415 g/mol. The van der Waals surface area contributed by atoms with Gasteiger partial charge in [0.15, 0.2) is 9.84 Å². The van der Waals surface area contributed by atoms with Crippen molar-refractivity contribution in [3.63, 3.8) is 0 Å². The lowest BCUT2D eigenvalue weighted by molar-refractivity contribution is -0.114. The smallest absolute Gasteiger partial charge is 0.221 e. The van der Waals surface area contributed by atoms with Crippen LogP contribution in [0.25, 0.3) is 0 Å². The van der Waals surface area contributed by atoms with Crippen molar-refractivity contribution in [3.8, 4) is 0 Å². The van der Waals surface area contributed by atoms with Crippen molar-refractivity contribution >= 4 is 21.4 Å². The van der Waals surface area contributed by atoms with Crippen LogP contribution < -0.4 is 5.32 Å². The number of rotatable bonds is 6. The van der Waals surface area contributed by atoms with E-state index in [2.05, 4.69) is 22.3 Å². The highest BCUT2D eigenvalue weighted by Gasteiger charge is 2.22. The number of piperidine rings is 1. The van der Waals surface area contributed by atoms with E-state index >= 15 is 0 Å². The predicted molar refractivity (Wildman–Crippen MR) is 117 cm³/mol. The van der Waals surface area contributed by atoms with E-state index in [4.69, 9.17) is 0 Å². The number of carbonyl (C=O) groups is 1. The third-order valence-corrected chi connectivity index (χ3v) is 7.72. The summed E-state index contributed by atoms with van der Waals surface area (Å²) in [5.74, 6) is 0.447. The van der Waals surface area contributed by atoms with Gasteiger partial charge in [0.05, 0.1) is 10.1 Å². The molecule has 156 valence electrons. The van der Waals surface area contributed by atoms with Crippen LogP contribution in [-0.2, 0) is 21.2 Å². The van der Waals surface area contributed by atoms with Crippen LogP contribution in [0, 0.1) is 0 Å². The molecule has 1 aliphatic heterocycles. The first-order valence-electron chi connectivity index (χ1n) is 10.2. The number of nitrogens with zero attached hydrogens (tertiary/aromatic N) is 1. The van der Waals surface area contributed by atoms with Crippen LogP contribution >= 0.6 is 0 Å². The Balaban J connectivity index is 1.57.